The van der Waals surface area contributed by atoms with Gasteiger partial charge in [0.15, 0.2) is 11.8 Å². The summed E-state index contributed by atoms with van der Waals surface area (Å²) in [6.07, 6.45) is 0. The second kappa shape index (κ2) is 2.95. The van der Waals surface area contributed by atoms with Crippen LogP contribution in [0.3, 0.4) is 0 Å². The fourth-order valence-electron chi connectivity index (χ4n) is 0.568. The molecule has 0 radical (unpaired) electrons. The van der Waals surface area contributed by atoms with Crippen LogP contribution in [0.25, 0.3) is 0 Å². The van der Waals surface area contributed by atoms with Crippen molar-refractivity contribution in [2.24, 2.45) is 12.8 Å². The van der Waals surface area contributed by atoms with Crippen molar-refractivity contribution in [2.75, 3.05) is 0 Å². The standard InChI is InChI=1S/C4H9N7/c1-11-9-3(8-10-11)2-7-4(5)6/h2H2,1H3,(H4,5,6,7). The zero-order valence-corrected chi connectivity index (χ0v) is 6.07. The number of nitrogens with one attached hydrogen (secondary N) is 2. The van der Waals surface area contributed by atoms with Crippen LogP contribution in [-0.4, -0.2) is 26.2 Å². The molecule has 0 aliphatic heterocycles. The number of aryl methyl sites for hydroxylation is 1. The van der Waals surface area contributed by atoms with Gasteiger partial charge >= 0.3 is 0 Å². The zero-order valence-electron chi connectivity index (χ0n) is 6.07. The molecule has 7 nitrogen and oxygen atoms in total. The van der Waals surface area contributed by atoms with Gasteiger partial charge in [-0.3, -0.25) is 5.41 Å². The first-order valence-corrected chi connectivity index (χ1v) is 2.99. The summed E-state index contributed by atoms with van der Waals surface area (Å²) in [6, 6.07) is 0. The average Bonchev–Trinajstić information content (AvgIpc) is 2.31. The first kappa shape index (κ1) is 7.45. The van der Waals surface area contributed by atoms with E-state index in [0.29, 0.717) is 12.4 Å². The summed E-state index contributed by atoms with van der Waals surface area (Å²) in [7, 11) is 1.67. The van der Waals surface area contributed by atoms with Crippen LogP contribution in [0.1, 0.15) is 5.82 Å². The van der Waals surface area contributed by atoms with E-state index in [4.69, 9.17) is 11.1 Å². The van der Waals surface area contributed by atoms with Gasteiger partial charge in [-0.2, -0.15) is 4.80 Å². The Morgan fingerprint density at radius 2 is 2.55 bits per heavy atom. The van der Waals surface area contributed by atoms with Crippen molar-refractivity contribution in [3.8, 4) is 0 Å². The number of hydrogen-bond acceptors (Lipinski definition) is 4. The fraction of sp³-hybridized carbons (Fsp3) is 0.500. The van der Waals surface area contributed by atoms with Gasteiger partial charge in [-0.1, -0.05) is 0 Å². The summed E-state index contributed by atoms with van der Waals surface area (Å²) in [5.74, 6) is 0.417. The molecule has 1 heterocycles. The lowest BCUT2D eigenvalue weighted by atomic mass is 10.6. The largest absolute Gasteiger partial charge is 0.370 e. The molecule has 0 aromatic carbocycles. The first-order valence-electron chi connectivity index (χ1n) is 2.99. The molecule has 1 aromatic rings. The molecule has 11 heavy (non-hydrogen) atoms. The number of nitrogens with two attached hydrogens (primary N) is 1. The zero-order chi connectivity index (χ0) is 8.27. The normalized spacial score (nSPS) is 9.55. The number of hydrogen-bond donors (Lipinski definition) is 3. The molecule has 0 aliphatic rings. The summed E-state index contributed by atoms with van der Waals surface area (Å²) in [5.41, 5.74) is 5.04. The van der Waals surface area contributed by atoms with E-state index in [2.05, 4.69) is 20.7 Å². The molecule has 4 N–H and O–H groups in total. The van der Waals surface area contributed by atoms with Crippen LogP contribution in [0.5, 0.6) is 0 Å². The predicted molar refractivity (Wildman–Crippen MR) is 37.6 cm³/mol. The van der Waals surface area contributed by atoms with E-state index in [-0.39, 0.29) is 5.96 Å². The van der Waals surface area contributed by atoms with Crippen molar-refractivity contribution in [2.45, 2.75) is 6.54 Å². The number of nitrogens with zero attached hydrogens (tertiary/aromatic N) is 4. The number of rotatable bonds is 2. The molecule has 0 saturated carbocycles. The molecule has 0 atom stereocenters. The lowest BCUT2D eigenvalue weighted by Gasteiger charge is -1.96. The van der Waals surface area contributed by atoms with E-state index in [1.54, 1.807) is 7.05 Å². The van der Waals surface area contributed by atoms with E-state index in [0.717, 1.165) is 0 Å². The second-order valence-corrected chi connectivity index (χ2v) is 1.96. The van der Waals surface area contributed by atoms with Crippen LogP contribution in [0.15, 0.2) is 0 Å². The highest BCUT2D eigenvalue weighted by molar-refractivity contribution is 5.74. The summed E-state index contributed by atoms with van der Waals surface area (Å²) in [5, 5.41) is 20.5. The third kappa shape index (κ3) is 2.20. The Bertz CT molecular complexity index is 251. The van der Waals surface area contributed by atoms with Gasteiger partial charge in [0.2, 0.25) is 0 Å². The average molecular weight is 155 g/mol. The van der Waals surface area contributed by atoms with Gasteiger partial charge in [0, 0.05) is 0 Å². The molecular weight excluding hydrogens is 146 g/mol. The highest BCUT2D eigenvalue weighted by Crippen LogP contribution is 1.81. The Morgan fingerprint density at radius 3 is 3.00 bits per heavy atom. The van der Waals surface area contributed by atoms with E-state index in [1.807, 2.05) is 0 Å². The quantitative estimate of drug-likeness (QED) is 0.345. The molecule has 60 valence electrons. The van der Waals surface area contributed by atoms with Crippen molar-refractivity contribution in [1.29, 1.82) is 5.41 Å². The van der Waals surface area contributed by atoms with Crippen LogP contribution < -0.4 is 11.1 Å². The smallest absolute Gasteiger partial charge is 0.193 e. The maximum atomic E-state index is 6.83. The van der Waals surface area contributed by atoms with Gasteiger partial charge < -0.3 is 11.1 Å². The highest BCUT2D eigenvalue weighted by atomic mass is 15.6. The van der Waals surface area contributed by atoms with Gasteiger partial charge in [0.1, 0.15) is 0 Å². The van der Waals surface area contributed by atoms with Gasteiger partial charge in [-0.15, -0.1) is 10.2 Å². The van der Waals surface area contributed by atoms with E-state index >= 15 is 0 Å². The van der Waals surface area contributed by atoms with Gasteiger partial charge in [-0.25, -0.2) is 0 Å². The molecule has 0 unspecified atom stereocenters. The second-order valence-electron chi connectivity index (χ2n) is 1.96. The van der Waals surface area contributed by atoms with Gasteiger partial charge in [0.05, 0.1) is 13.6 Å². The molecule has 0 spiro atoms. The Labute approximate surface area is 63.1 Å². The third-order valence-electron chi connectivity index (χ3n) is 0.987. The maximum absolute atomic E-state index is 6.83. The van der Waals surface area contributed by atoms with E-state index < -0.39 is 0 Å². The molecule has 0 amide bonds. The van der Waals surface area contributed by atoms with Gasteiger partial charge in [0.25, 0.3) is 0 Å². The summed E-state index contributed by atoms with van der Waals surface area (Å²) in [4.78, 5) is 1.34. The Kier molecular flexibility index (Phi) is 2.00. The molecule has 0 aliphatic carbocycles. The highest BCUT2D eigenvalue weighted by Gasteiger charge is 1.98. The maximum Gasteiger partial charge on any atom is 0.193 e. The Morgan fingerprint density at radius 1 is 1.82 bits per heavy atom. The monoisotopic (exact) mass is 155 g/mol. The lowest BCUT2D eigenvalue weighted by molar-refractivity contribution is 0.626. The van der Waals surface area contributed by atoms with E-state index in [1.165, 1.54) is 4.80 Å². The Hall–Kier alpha value is -1.66. The predicted octanol–water partition coefficient (Wildman–Crippen LogP) is -1.81. The molecule has 1 rings (SSSR count). The molecule has 7 heteroatoms. The van der Waals surface area contributed by atoms with Gasteiger partial charge in [-0.05, 0) is 5.21 Å². The number of tetrazole rings is 1. The van der Waals surface area contributed by atoms with Crippen LogP contribution in [0.4, 0.5) is 0 Å². The number of guanidine groups is 1. The molecule has 0 bridgehead atoms. The number of aromatic nitrogens is 4. The van der Waals surface area contributed by atoms with Crippen molar-refractivity contribution in [3.05, 3.63) is 5.82 Å². The minimum atomic E-state index is -0.0996. The summed E-state index contributed by atoms with van der Waals surface area (Å²) < 4.78 is 0. The molecular formula is C4H9N7. The first-order chi connectivity index (χ1) is 5.18. The summed E-state index contributed by atoms with van der Waals surface area (Å²) >= 11 is 0. The minimum absolute atomic E-state index is 0.0996. The lowest BCUT2D eigenvalue weighted by Crippen LogP contribution is -2.30. The minimum Gasteiger partial charge on any atom is -0.370 e. The van der Waals surface area contributed by atoms with Crippen molar-refractivity contribution >= 4 is 5.96 Å². The molecule has 0 saturated heterocycles. The van der Waals surface area contributed by atoms with Crippen molar-refractivity contribution in [3.63, 3.8) is 0 Å². The van der Waals surface area contributed by atoms with Crippen LogP contribution in [0.2, 0.25) is 0 Å². The van der Waals surface area contributed by atoms with Crippen molar-refractivity contribution in [1.82, 2.24) is 25.5 Å². The van der Waals surface area contributed by atoms with E-state index in [9.17, 15) is 0 Å². The molecule has 1 aromatic heterocycles. The molecule has 0 fully saturated rings. The third-order valence-corrected chi connectivity index (χ3v) is 0.987. The topological polar surface area (TPSA) is 106 Å². The SMILES string of the molecule is Cn1nnc(CNC(=N)N)n1. The van der Waals surface area contributed by atoms with Crippen molar-refractivity contribution < 1.29 is 0 Å². The Balaban J connectivity index is 2.45. The van der Waals surface area contributed by atoms with Crippen LogP contribution in [0, 0.1) is 5.41 Å². The summed E-state index contributed by atoms with van der Waals surface area (Å²) in [6.45, 7) is 0.336. The van der Waals surface area contributed by atoms with Crippen LogP contribution >= 0.6 is 0 Å². The fourth-order valence-corrected chi connectivity index (χ4v) is 0.568. The van der Waals surface area contributed by atoms with Crippen LogP contribution in [-0.2, 0) is 13.6 Å².